The summed E-state index contributed by atoms with van der Waals surface area (Å²) in [5.41, 5.74) is 6.15. The number of morpholine rings is 1. The summed E-state index contributed by atoms with van der Waals surface area (Å²) < 4.78 is 5.48. The van der Waals surface area contributed by atoms with Gasteiger partial charge in [0, 0.05) is 25.0 Å². The lowest BCUT2D eigenvalue weighted by Gasteiger charge is -2.42. The zero-order valence-electron chi connectivity index (χ0n) is 12.7. The minimum Gasteiger partial charge on any atom is -0.379 e. The van der Waals surface area contributed by atoms with Gasteiger partial charge in [0.1, 0.15) is 5.82 Å². The second kappa shape index (κ2) is 7.30. The van der Waals surface area contributed by atoms with E-state index in [1.54, 1.807) is 6.20 Å². The molecule has 1 aromatic rings. The molecule has 0 amide bonds. The molecule has 2 fully saturated rings. The number of anilines is 1. The van der Waals surface area contributed by atoms with Crippen molar-refractivity contribution in [2.45, 2.75) is 12.0 Å². The van der Waals surface area contributed by atoms with Crippen LogP contribution in [0.1, 0.15) is 6.42 Å². The van der Waals surface area contributed by atoms with E-state index >= 15 is 0 Å². The largest absolute Gasteiger partial charge is 0.379 e. The van der Waals surface area contributed by atoms with E-state index in [0.717, 1.165) is 50.8 Å². The van der Waals surface area contributed by atoms with Gasteiger partial charge in [0.15, 0.2) is 5.96 Å². The average molecular weight is 321 g/mol. The van der Waals surface area contributed by atoms with E-state index in [0.29, 0.717) is 5.96 Å². The van der Waals surface area contributed by atoms with Crippen molar-refractivity contribution in [2.75, 3.05) is 49.7 Å². The van der Waals surface area contributed by atoms with Gasteiger partial charge in [-0.2, -0.15) is 11.8 Å². The van der Waals surface area contributed by atoms with Crippen LogP contribution in [-0.2, 0) is 4.74 Å². The molecule has 3 rings (SSSR count). The van der Waals surface area contributed by atoms with Crippen molar-refractivity contribution >= 4 is 23.5 Å². The Morgan fingerprint density at radius 1 is 1.45 bits per heavy atom. The van der Waals surface area contributed by atoms with Gasteiger partial charge in [0.05, 0.1) is 25.3 Å². The smallest absolute Gasteiger partial charge is 0.194 e. The van der Waals surface area contributed by atoms with Crippen molar-refractivity contribution in [3.8, 4) is 0 Å². The van der Waals surface area contributed by atoms with Crippen LogP contribution in [0.4, 0.5) is 5.82 Å². The molecule has 0 bridgehead atoms. The minimum atomic E-state index is 0.130. The first kappa shape index (κ1) is 15.6. The van der Waals surface area contributed by atoms with Crippen molar-refractivity contribution < 1.29 is 4.74 Å². The van der Waals surface area contributed by atoms with Crippen LogP contribution >= 0.6 is 11.8 Å². The number of guanidine groups is 1. The Labute approximate surface area is 135 Å². The van der Waals surface area contributed by atoms with Gasteiger partial charge in [-0.25, -0.2) is 4.98 Å². The Kier molecular flexibility index (Phi) is 5.17. The Morgan fingerprint density at radius 3 is 3.00 bits per heavy atom. The third-order valence-corrected chi connectivity index (χ3v) is 5.46. The van der Waals surface area contributed by atoms with Crippen LogP contribution in [0.25, 0.3) is 0 Å². The SMILES string of the molecule is NC(=NCC1(N2CCOCC2)CCSC1)Nc1ccccn1. The molecular weight excluding hydrogens is 298 g/mol. The fourth-order valence-corrected chi connectivity index (χ4v) is 4.41. The lowest BCUT2D eigenvalue weighted by molar-refractivity contribution is -0.0104. The van der Waals surface area contributed by atoms with Gasteiger partial charge in [-0.1, -0.05) is 6.07 Å². The number of thioether (sulfide) groups is 1. The van der Waals surface area contributed by atoms with Crippen molar-refractivity contribution in [1.82, 2.24) is 9.88 Å². The molecule has 120 valence electrons. The Balaban J connectivity index is 1.64. The number of nitrogens with zero attached hydrogens (tertiary/aromatic N) is 3. The van der Waals surface area contributed by atoms with Gasteiger partial charge in [0.2, 0.25) is 0 Å². The van der Waals surface area contributed by atoms with Gasteiger partial charge in [0.25, 0.3) is 0 Å². The highest BCUT2D eigenvalue weighted by atomic mass is 32.2. The first-order valence-electron chi connectivity index (χ1n) is 7.67. The van der Waals surface area contributed by atoms with Crippen molar-refractivity contribution in [2.24, 2.45) is 10.7 Å². The molecule has 22 heavy (non-hydrogen) atoms. The second-order valence-corrected chi connectivity index (χ2v) is 6.77. The predicted molar refractivity (Wildman–Crippen MR) is 91.4 cm³/mol. The molecular formula is C15H23N5OS. The summed E-state index contributed by atoms with van der Waals surface area (Å²) in [6.45, 7) is 4.34. The first-order chi connectivity index (χ1) is 10.8. The Hall–Kier alpha value is -1.31. The number of pyridine rings is 1. The maximum atomic E-state index is 6.02. The lowest BCUT2D eigenvalue weighted by atomic mass is 9.96. The molecule has 1 aromatic heterocycles. The summed E-state index contributed by atoms with van der Waals surface area (Å²) >= 11 is 2.01. The highest BCUT2D eigenvalue weighted by Gasteiger charge is 2.40. The zero-order chi connectivity index (χ0) is 15.3. The lowest BCUT2D eigenvalue weighted by Crippen LogP contribution is -2.56. The number of aliphatic imine (C=N–C) groups is 1. The maximum Gasteiger partial charge on any atom is 0.194 e. The van der Waals surface area contributed by atoms with Gasteiger partial charge >= 0.3 is 0 Å². The summed E-state index contributed by atoms with van der Waals surface area (Å²) in [5.74, 6) is 3.47. The molecule has 1 atom stereocenters. The van der Waals surface area contributed by atoms with E-state index in [4.69, 9.17) is 10.5 Å². The van der Waals surface area contributed by atoms with Crippen molar-refractivity contribution in [3.63, 3.8) is 0 Å². The van der Waals surface area contributed by atoms with Crippen molar-refractivity contribution in [3.05, 3.63) is 24.4 Å². The molecule has 2 aliphatic rings. The van der Waals surface area contributed by atoms with E-state index < -0.39 is 0 Å². The number of aromatic nitrogens is 1. The van der Waals surface area contributed by atoms with Gasteiger partial charge < -0.3 is 15.8 Å². The first-order valence-corrected chi connectivity index (χ1v) is 8.83. The molecule has 0 radical (unpaired) electrons. The molecule has 0 spiro atoms. The minimum absolute atomic E-state index is 0.130. The highest BCUT2D eigenvalue weighted by molar-refractivity contribution is 7.99. The summed E-state index contributed by atoms with van der Waals surface area (Å²) in [5, 5.41) is 3.05. The molecule has 2 saturated heterocycles. The second-order valence-electron chi connectivity index (χ2n) is 5.67. The Bertz CT molecular complexity index is 498. The van der Waals surface area contributed by atoms with E-state index in [9.17, 15) is 0 Å². The molecule has 0 aliphatic carbocycles. The van der Waals surface area contributed by atoms with Crippen LogP contribution in [0.15, 0.2) is 29.4 Å². The fraction of sp³-hybridized carbons (Fsp3) is 0.600. The average Bonchev–Trinajstić information content (AvgIpc) is 3.05. The predicted octanol–water partition coefficient (Wildman–Crippen LogP) is 1.02. The van der Waals surface area contributed by atoms with Crippen LogP contribution in [-0.4, -0.2) is 65.7 Å². The van der Waals surface area contributed by atoms with Crippen LogP contribution in [0.3, 0.4) is 0 Å². The van der Waals surface area contributed by atoms with Crippen LogP contribution in [0, 0.1) is 0 Å². The third-order valence-electron chi connectivity index (χ3n) is 4.23. The number of nitrogens with one attached hydrogen (secondary N) is 1. The zero-order valence-corrected chi connectivity index (χ0v) is 13.5. The molecule has 7 heteroatoms. The topological polar surface area (TPSA) is 75.8 Å². The molecule has 2 aliphatic heterocycles. The number of hydrogen-bond donors (Lipinski definition) is 2. The summed E-state index contributed by atoms with van der Waals surface area (Å²) in [6, 6.07) is 5.68. The molecule has 1 unspecified atom stereocenters. The molecule has 3 heterocycles. The standard InChI is InChI=1S/C15H23N5OS/c16-14(19-13-3-1-2-5-17-13)18-11-15(4-10-22-12-15)20-6-8-21-9-7-20/h1-3,5H,4,6-12H2,(H3,16,17,18,19). The van der Waals surface area contributed by atoms with Crippen LogP contribution in [0.5, 0.6) is 0 Å². The monoisotopic (exact) mass is 321 g/mol. The van der Waals surface area contributed by atoms with E-state index in [-0.39, 0.29) is 5.54 Å². The van der Waals surface area contributed by atoms with Crippen LogP contribution < -0.4 is 11.1 Å². The quantitative estimate of drug-likeness (QED) is 0.637. The van der Waals surface area contributed by atoms with Gasteiger partial charge in [-0.15, -0.1) is 0 Å². The summed E-state index contributed by atoms with van der Waals surface area (Å²) in [6.07, 6.45) is 2.90. The molecule has 6 nitrogen and oxygen atoms in total. The van der Waals surface area contributed by atoms with E-state index in [2.05, 4.69) is 20.2 Å². The van der Waals surface area contributed by atoms with Crippen molar-refractivity contribution in [1.29, 1.82) is 0 Å². The molecule has 0 aromatic carbocycles. The number of rotatable bonds is 4. The van der Waals surface area contributed by atoms with Gasteiger partial charge in [-0.05, 0) is 24.3 Å². The fourth-order valence-electron chi connectivity index (χ4n) is 2.95. The maximum absolute atomic E-state index is 6.02. The number of ether oxygens (including phenoxy) is 1. The van der Waals surface area contributed by atoms with E-state index in [1.165, 1.54) is 5.75 Å². The molecule has 3 N–H and O–H groups in total. The summed E-state index contributed by atoms with van der Waals surface area (Å²) in [7, 11) is 0. The number of nitrogens with two attached hydrogens (primary N) is 1. The Morgan fingerprint density at radius 2 is 2.32 bits per heavy atom. The van der Waals surface area contributed by atoms with Crippen LogP contribution in [0.2, 0.25) is 0 Å². The normalized spacial score (nSPS) is 27.0. The number of hydrogen-bond acceptors (Lipinski definition) is 5. The van der Waals surface area contributed by atoms with Gasteiger partial charge in [-0.3, -0.25) is 9.89 Å². The summed E-state index contributed by atoms with van der Waals surface area (Å²) in [4.78, 5) is 11.3. The highest BCUT2D eigenvalue weighted by Crippen LogP contribution is 2.34. The van der Waals surface area contributed by atoms with E-state index in [1.807, 2.05) is 30.0 Å². The third kappa shape index (κ3) is 3.71. The molecule has 0 saturated carbocycles.